The number of rotatable bonds is 7. The minimum absolute atomic E-state index is 0.137. The van der Waals surface area contributed by atoms with Crippen LogP contribution in [0.3, 0.4) is 0 Å². The van der Waals surface area contributed by atoms with Crippen LogP contribution in [0, 0.1) is 6.92 Å². The lowest BCUT2D eigenvalue weighted by molar-refractivity contribution is -0.126. The fourth-order valence-electron chi connectivity index (χ4n) is 4.24. The highest BCUT2D eigenvalue weighted by Crippen LogP contribution is 2.36. The Bertz CT molecular complexity index is 1310. The summed E-state index contributed by atoms with van der Waals surface area (Å²) in [6, 6.07) is 20.8. The second-order valence-corrected chi connectivity index (χ2v) is 9.67. The number of anilines is 1. The van der Waals surface area contributed by atoms with Crippen molar-refractivity contribution >= 4 is 35.2 Å². The normalized spacial score (nSPS) is 19.1. The van der Waals surface area contributed by atoms with E-state index in [4.69, 9.17) is 16.3 Å². The number of aryl methyl sites for hydroxylation is 1. The summed E-state index contributed by atoms with van der Waals surface area (Å²) in [5.74, 6) is -0.559. The molecule has 1 saturated heterocycles. The van der Waals surface area contributed by atoms with Gasteiger partial charge in [0, 0.05) is 22.3 Å². The van der Waals surface area contributed by atoms with Crippen LogP contribution in [-0.4, -0.2) is 34.9 Å². The van der Waals surface area contributed by atoms with Crippen LogP contribution in [-0.2, 0) is 16.1 Å². The van der Waals surface area contributed by atoms with Gasteiger partial charge in [-0.1, -0.05) is 59.6 Å². The van der Waals surface area contributed by atoms with Crippen LogP contribution in [0.2, 0.25) is 5.02 Å². The summed E-state index contributed by atoms with van der Waals surface area (Å²) in [5, 5.41) is 6.34. The molecule has 1 saturated carbocycles. The maximum atomic E-state index is 13.3. The first kappa shape index (κ1) is 23.9. The Morgan fingerprint density at radius 3 is 2.50 bits per heavy atom. The van der Waals surface area contributed by atoms with Crippen molar-refractivity contribution in [2.24, 2.45) is 0 Å². The molecule has 3 aromatic rings. The average Bonchev–Trinajstić information content (AvgIpc) is 3.62. The molecule has 0 aromatic heterocycles. The number of ether oxygens (including phenoxy) is 1. The van der Waals surface area contributed by atoms with Gasteiger partial charge in [-0.25, -0.2) is 4.79 Å². The van der Waals surface area contributed by atoms with Crippen molar-refractivity contribution in [3.63, 3.8) is 0 Å². The van der Waals surface area contributed by atoms with E-state index in [9.17, 15) is 14.4 Å². The van der Waals surface area contributed by atoms with Crippen molar-refractivity contribution in [2.45, 2.75) is 44.5 Å². The third kappa shape index (κ3) is 5.36. The van der Waals surface area contributed by atoms with Crippen LogP contribution in [0.25, 0.3) is 0 Å². The lowest BCUT2D eigenvalue weighted by Crippen LogP contribution is -2.46. The van der Waals surface area contributed by atoms with Gasteiger partial charge < -0.3 is 15.4 Å². The van der Waals surface area contributed by atoms with Gasteiger partial charge in [0.15, 0.2) is 12.1 Å². The van der Waals surface area contributed by atoms with Crippen molar-refractivity contribution in [2.75, 3.05) is 5.32 Å². The second-order valence-electron chi connectivity index (χ2n) is 9.24. The first-order valence-corrected chi connectivity index (χ1v) is 12.3. The minimum Gasteiger partial charge on any atom is -0.438 e. The molecule has 2 atom stereocenters. The topological polar surface area (TPSA) is 87.7 Å². The molecule has 1 heterocycles. The van der Waals surface area contributed by atoms with E-state index in [-0.39, 0.29) is 24.4 Å². The highest BCUT2D eigenvalue weighted by molar-refractivity contribution is 6.31. The quantitative estimate of drug-likeness (QED) is 0.461. The van der Waals surface area contributed by atoms with Crippen LogP contribution in [0.15, 0.2) is 72.8 Å². The number of nitrogens with one attached hydrogen (secondary N) is 2. The van der Waals surface area contributed by atoms with Gasteiger partial charge in [0.05, 0.1) is 6.54 Å². The summed E-state index contributed by atoms with van der Waals surface area (Å²) < 4.78 is 5.75. The summed E-state index contributed by atoms with van der Waals surface area (Å²) in [4.78, 5) is 40.4. The Balaban J connectivity index is 1.40. The molecule has 2 N–H and O–H groups in total. The van der Waals surface area contributed by atoms with E-state index in [1.165, 1.54) is 4.90 Å². The molecule has 8 heteroatoms. The molecule has 184 valence electrons. The second kappa shape index (κ2) is 10.0. The third-order valence-electron chi connectivity index (χ3n) is 6.31. The Hall–Kier alpha value is -3.84. The number of amides is 3. The summed E-state index contributed by atoms with van der Waals surface area (Å²) in [5.41, 5.74) is 3.58. The number of benzene rings is 3. The number of hydrogen-bond donors (Lipinski definition) is 2. The Morgan fingerprint density at radius 1 is 1.03 bits per heavy atom. The molecule has 3 amide bonds. The summed E-state index contributed by atoms with van der Waals surface area (Å²) in [6.45, 7) is 2.25. The number of nitrogens with zero attached hydrogens (tertiary/aromatic N) is 1. The lowest BCUT2D eigenvalue weighted by atomic mass is 10.00. The zero-order valence-electron chi connectivity index (χ0n) is 19.7. The predicted octanol–water partition coefficient (Wildman–Crippen LogP) is 5.24. The van der Waals surface area contributed by atoms with Gasteiger partial charge in [0.2, 0.25) is 5.91 Å². The first-order chi connectivity index (χ1) is 17.4. The highest BCUT2D eigenvalue weighted by Gasteiger charge is 2.48. The highest BCUT2D eigenvalue weighted by atomic mass is 35.5. The standard InChI is InChI=1S/C28H26ClN3O4/c1-17-8-10-18(11-9-17)16-32-24(27(34)30-22-12-13-22)25(36-28(32)35)19-4-3-7-23(15-19)31-26(33)20-5-2-6-21(29)14-20/h2-11,14-15,22,24-25H,12-13,16H2,1H3,(H,30,34)(H,31,33)/t24-,25-/m0/s1. The van der Waals surface area contributed by atoms with Gasteiger partial charge in [0.1, 0.15) is 0 Å². The summed E-state index contributed by atoms with van der Waals surface area (Å²) >= 11 is 6.01. The number of halogens is 1. The Morgan fingerprint density at radius 2 is 1.78 bits per heavy atom. The largest absolute Gasteiger partial charge is 0.438 e. The predicted molar refractivity (Wildman–Crippen MR) is 137 cm³/mol. The smallest absolute Gasteiger partial charge is 0.411 e. The average molecular weight is 504 g/mol. The van der Waals surface area contributed by atoms with Gasteiger partial charge in [0.25, 0.3) is 5.91 Å². The summed E-state index contributed by atoms with van der Waals surface area (Å²) in [6.07, 6.45) is 0.497. The molecule has 36 heavy (non-hydrogen) atoms. The van der Waals surface area contributed by atoms with Crippen LogP contribution in [0.5, 0.6) is 0 Å². The van der Waals surface area contributed by atoms with Crippen molar-refractivity contribution < 1.29 is 19.1 Å². The van der Waals surface area contributed by atoms with E-state index in [1.807, 2.05) is 31.2 Å². The van der Waals surface area contributed by atoms with Crippen molar-refractivity contribution in [1.82, 2.24) is 10.2 Å². The van der Waals surface area contributed by atoms with Gasteiger partial charge in [-0.2, -0.15) is 0 Å². The molecule has 0 radical (unpaired) electrons. The molecule has 2 aliphatic rings. The van der Waals surface area contributed by atoms with Crippen molar-refractivity contribution in [1.29, 1.82) is 0 Å². The molecule has 0 bridgehead atoms. The number of carbonyl (C=O) groups excluding carboxylic acids is 3. The minimum atomic E-state index is -0.835. The molecule has 3 aromatic carbocycles. The molecule has 7 nitrogen and oxygen atoms in total. The van der Waals surface area contributed by atoms with E-state index in [1.54, 1.807) is 48.5 Å². The zero-order valence-corrected chi connectivity index (χ0v) is 20.5. The first-order valence-electron chi connectivity index (χ1n) is 11.9. The Kier molecular flexibility index (Phi) is 6.65. The number of carbonyl (C=O) groups is 3. The van der Waals surface area contributed by atoms with Gasteiger partial charge in [-0.3, -0.25) is 14.5 Å². The van der Waals surface area contributed by atoms with Crippen LogP contribution in [0.4, 0.5) is 10.5 Å². The van der Waals surface area contributed by atoms with Crippen LogP contribution >= 0.6 is 11.6 Å². The Labute approximate surface area is 214 Å². The maximum absolute atomic E-state index is 13.3. The van der Waals surface area contributed by atoms with E-state index >= 15 is 0 Å². The van der Waals surface area contributed by atoms with Crippen LogP contribution < -0.4 is 10.6 Å². The molecule has 5 rings (SSSR count). The SMILES string of the molecule is Cc1ccc(CN2C(=O)O[C@@H](c3cccc(NC(=O)c4cccc(Cl)c4)c3)[C@H]2C(=O)NC2CC2)cc1. The van der Waals surface area contributed by atoms with Gasteiger partial charge in [-0.15, -0.1) is 0 Å². The fraction of sp³-hybridized carbons (Fsp3) is 0.250. The molecule has 0 unspecified atom stereocenters. The monoisotopic (exact) mass is 503 g/mol. The lowest BCUT2D eigenvalue weighted by Gasteiger charge is -2.24. The van der Waals surface area contributed by atoms with Gasteiger partial charge >= 0.3 is 6.09 Å². The molecular weight excluding hydrogens is 478 g/mol. The van der Waals surface area contributed by atoms with E-state index < -0.39 is 18.2 Å². The molecule has 0 spiro atoms. The van der Waals surface area contributed by atoms with E-state index in [0.717, 1.165) is 24.0 Å². The van der Waals surface area contributed by atoms with E-state index in [2.05, 4.69) is 10.6 Å². The number of cyclic esters (lactones) is 1. The van der Waals surface area contributed by atoms with Crippen molar-refractivity contribution in [3.05, 3.63) is 100 Å². The molecule has 2 fully saturated rings. The maximum Gasteiger partial charge on any atom is 0.411 e. The van der Waals surface area contributed by atoms with E-state index in [0.29, 0.717) is 21.8 Å². The summed E-state index contributed by atoms with van der Waals surface area (Å²) in [7, 11) is 0. The molecule has 1 aliphatic heterocycles. The molecular formula is C28H26ClN3O4. The van der Waals surface area contributed by atoms with Crippen LogP contribution in [0.1, 0.15) is 46.0 Å². The molecule has 1 aliphatic carbocycles. The third-order valence-corrected chi connectivity index (χ3v) is 6.55. The fourth-order valence-corrected chi connectivity index (χ4v) is 4.43. The van der Waals surface area contributed by atoms with Crippen molar-refractivity contribution in [3.8, 4) is 0 Å². The van der Waals surface area contributed by atoms with Gasteiger partial charge in [-0.05, 0) is 61.2 Å². The zero-order chi connectivity index (χ0) is 25.2. The number of hydrogen-bond acceptors (Lipinski definition) is 4.